The summed E-state index contributed by atoms with van der Waals surface area (Å²) < 4.78 is 0. The quantitative estimate of drug-likeness (QED) is 0.659. The van der Waals surface area contributed by atoms with Crippen LogP contribution in [0.1, 0.15) is 12.8 Å². The van der Waals surface area contributed by atoms with E-state index in [2.05, 4.69) is 17.3 Å². The lowest BCUT2D eigenvalue weighted by molar-refractivity contribution is -0.148. The average Bonchev–Trinajstić information content (AvgIpc) is 2.40. The Labute approximate surface area is 103 Å². The van der Waals surface area contributed by atoms with E-state index in [1.54, 1.807) is 0 Å². The molecule has 0 radical (unpaired) electrons. The molecule has 2 heterocycles. The summed E-state index contributed by atoms with van der Waals surface area (Å²) >= 11 is 0. The van der Waals surface area contributed by atoms with Crippen molar-refractivity contribution in [3.8, 4) is 0 Å². The lowest BCUT2D eigenvalue weighted by atomic mass is 9.77. The molecule has 2 fully saturated rings. The minimum Gasteiger partial charge on any atom is -0.395 e. The molecule has 0 aromatic carbocycles. The van der Waals surface area contributed by atoms with E-state index in [9.17, 15) is 9.90 Å². The van der Waals surface area contributed by atoms with E-state index in [1.807, 2.05) is 4.90 Å². The smallest absolute Gasteiger partial charge is 0.231 e. The first-order chi connectivity index (χ1) is 8.18. The molecule has 5 heteroatoms. The molecule has 0 bridgehead atoms. The van der Waals surface area contributed by atoms with Crippen LogP contribution in [-0.2, 0) is 4.79 Å². The Morgan fingerprint density at radius 2 is 1.82 bits per heavy atom. The van der Waals surface area contributed by atoms with Gasteiger partial charge in [0.1, 0.15) is 0 Å². The Hall–Kier alpha value is -0.650. The fourth-order valence-corrected chi connectivity index (χ4v) is 2.69. The van der Waals surface area contributed by atoms with E-state index >= 15 is 0 Å². The van der Waals surface area contributed by atoms with Crippen LogP contribution in [0, 0.1) is 5.41 Å². The Morgan fingerprint density at radius 3 is 2.35 bits per heavy atom. The minimum absolute atomic E-state index is 0.0103. The summed E-state index contributed by atoms with van der Waals surface area (Å²) in [6, 6.07) is 0. The first kappa shape index (κ1) is 12.8. The number of amides is 1. The number of piperidine rings is 1. The summed E-state index contributed by atoms with van der Waals surface area (Å²) in [5, 5.41) is 12.9. The molecule has 0 aliphatic carbocycles. The van der Waals surface area contributed by atoms with Crippen molar-refractivity contribution in [2.24, 2.45) is 5.41 Å². The second-order valence-electron chi connectivity index (χ2n) is 5.28. The summed E-state index contributed by atoms with van der Waals surface area (Å²) in [4.78, 5) is 16.7. The largest absolute Gasteiger partial charge is 0.395 e. The van der Waals surface area contributed by atoms with E-state index in [0.717, 1.165) is 52.1 Å². The van der Waals surface area contributed by atoms with Crippen LogP contribution in [-0.4, -0.2) is 73.7 Å². The van der Waals surface area contributed by atoms with Crippen LogP contribution < -0.4 is 5.32 Å². The van der Waals surface area contributed by atoms with E-state index in [1.165, 1.54) is 0 Å². The Bertz CT molecular complexity index is 269. The third-order valence-electron chi connectivity index (χ3n) is 4.10. The lowest BCUT2D eigenvalue weighted by Gasteiger charge is -2.42. The SMILES string of the molecule is CN1CCC(CO)(C(=O)N2CCNCC2)CC1. The third kappa shape index (κ3) is 2.61. The van der Waals surface area contributed by atoms with Gasteiger partial charge in [0.05, 0.1) is 12.0 Å². The van der Waals surface area contributed by atoms with Crippen LogP contribution in [0.3, 0.4) is 0 Å². The molecular weight excluding hydrogens is 218 g/mol. The van der Waals surface area contributed by atoms with Crippen molar-refractivity contribution < 1.29 is 9.90 Å². The van der Waals surface area contributed by atoms with Gasteiger partial charge in [0.15, 0.2) is 0 Å². The van der Waals surface area contributed by atoms with Crippen LogP contribution in [0.25, 0.3) is 0 Å². The predicted molar refractivity (Wildman–Crippen MR) is 65.7 cm³/mol. The van der Waals surface area contributed by atoms with Crippen LogP contribution in [0.5, 0.6) is 0 Å². The van der Waals surface area contributed by atoms with Gasteiger partial charge in [-0.05, 0) is 33.0 Å². The maximum Gasteiger partial charge on any atom is 0.231 e. The zero-order chi connectivity index (χ0) is 12.3. The van der Waals surface area contributed by atoms with Gasteiger partial charge >= 0.3 is 0 Å². The van der Waals surface area contributed by atoms with Gasteiger partial charge in [-0.15, -0.1) is 0 Å². The second kappa shape index (κ2) is 5.33. The van der Waals surface area contributed by atoms with Crippen molar-refractivity contribution in [1.29, 1.82) is 0 Å². The van der Waals surface area contributed by atoms with Crippen LogP contribution in [0.2, 0.25) is 0 Å². The lowest BCUT2D eigenvalue weighted by Crippen LogP contribution is -2.55. The van der Waals surface area contributed by atoms with Gasteiger partial charge in [-0.1, -0.05) is 0 Å². The molecule has 17 heavy (non-hydrogen) atoms. The zero-order valence-corrected chi connectivity index (χ0v) is 10.6. The molecule has 0 aromatic rings. The Kier molecular flexibility index (Phi) is 4.01. The minimum atomic E-state index is -0.510. The van der Waals surface area contributed by atoms with Crippen molar-refractivity contribution in [3.63, 3.8) is 0 Å². The topological polar surface area (TPSA) is 55.8 Å². The zero-order valence-electron chi connectivity index (χ0n) is 10.6. The fourth-order valence-electron chi connectivity index (χ4n) is 2.69. The first-order valence-corrected chi connectivity index (χ1v) is 6.47. The molecule has 2 aliphatic rings. The Balaban J connectivity index is 2.03. The van der Waals surface area contributed by atoms with Crippen molar-refractivity contribution in [2.45, 2.75) is 12.8 Å². The summed E-state index contributed by atoms with van der Waals surface area (Å²) in [6.45, 7) is 5.08. The fraction of sp³-hybridized carbons (Fsp3) is 0.917. The van der Waals surface area contributed by atoms with Gasteiger partial charge in [-0.25, -0.2) is 0 Å². The first-order valence-electron chi connectivity index (χ1n) is 6.47. The Morgan fingerprint density at radius 1 is 1.24 bits per heavy atom. The molecule has 2 aliphatic heterocycles. The molecule has 98 valence electrons. The van der Waals surface area contributed by atoms with Gasteiger partial charge in [0.2, 0.25) is 5.91 Å². The molecule has 0 spiro atoms. The highest BCUT2D eigenvalue weighted by Gasteiger charge is 2.42. The maximum absolute atomic E-state index is 12.5. The number of aliphatic hydroxyl groups excluding tert-OH is 1. The summed E-state index contributed by atoms with van der Waals surface area (Å²) in [5.41, 5.74) is -0.510. The van der Waals surface area contributed by atoms with E-state index in [4.69, 9.17) is 0 Å². The van der Waals surface area contributed by atoms with Gasteiger partial charge in [-0.2, -0.15) is 0 Å². The number of likely N-dealkylation sites (tertiary alicyclic amines) is 1. The molecule has 1 amide bonds. The van der Waals surface area contributed by atoms with Gasteiger partial charge < -0.3 is 20.2 Å². The average molecular weight is 241 g/mol. The molecule has 0 saturated carbocycles. The molecule has 2 rings (SSSR count). The maximum atomic E-state index is 12.5. The highest BCUT2D eigenvalue weighted by Crippen LogP contribution is 2.32. The number of carbonyl (C=O) groups is 1. The molecule has 0 atom stereocenters. The van der Waals surface area contributed by atoms with Gasteiger partial charge in [0.25, 0.3) is 0 Å². The van der Waals surface area contributed by atoms with E-state index < -0.39 is 5.41 Å². The standard InChI is InChI=1S/C12H23N3O2/c1-14-6-2-12(10-16,3-7-14)11(17)15-8-4-13-5-9-15/h13,16H,2-10H2,1H3. The molecule has 2 saturated heterocycles. The highest BCUT2D eigenvalue weighted by atomic mass is 16.3. The van der Waals surface area contributed by atoms with E-state index in [-0.39, 0.29) is 12.5 Å². The van der Waals surface area contributed by atoms with E-state index in [0.29, 0.717) is 0 Å². The van der Waals surface area contributed by atoms with Crippen LogP contribution >= 0.6 is 0 Å². The van der Waals surface area contributed by atoms with Crippen LogP contribution in [0.15, 0.2) is 0 Å². The number of rotatable bonds is 2. The number of aliphatic hydroxyl groups is 1. The number of hydrogen-bond acceptors (Lipinski definition) is 4. The van der Waals surface area contributed by atoms with Crippen molar-refractivity contribution >= 4 is 5.91 Å². The third-order valence-corrected chi connectivity index (χ3v) is 4.10. The normalized spacial score (nSPS) is 25.9. The molecule has 0 unspecified atom stereocenters. The monoisotopic (exact) mass is 241 g/mol. The number of carbonyl (C=O) groups excluding carboxylic acids is 1. The highest BCUT2D eigenvalue weighted by molar-refractivity contribution is 5.83. The number of nitrogens with one attached hydrogen (secondary N) is 1. The molecule has 0 aromatic heterocycles. The number of piperazine rings is 1. The molecule has 2 N–H and O–H groups in total. The molecule has 5 nitrogen and oxygen atoms in total. The number of nitrogens with zero attached hydrogens (tertiary/aromatic N) is 2. The van der Waals surface area contributed by atoms with Gasteiger partial charge in [-0.3, -0.25) is 4.79 Å². The van der Waals surface area contributed by atoms with Crippen molar-refractivity contribution in [2.75, 3.05) is 52.9 Å². The molecular formula is C12H23N3O2. The van der Waals surface area contributed by atoms with Crippen molar-refractivity contribution in [3.05, 3.63) is 0 Å². The number of hydrogen-bond donors (Lipinski definition) is 2. The summed E-state index contributed by atoms with van der Waals surface area (Å²) in [5.74, 6) is 0.162. The summed E-state index contributed by atoms with van der Waals surface area (Å²) in [6.07, 6.45) is 1.56. The van der Waals surface area contributed by atoms with Gasteiger partial charge in [0, 0.05) is 26.2 Å². The predicted octanol–water partition coefficient (Wildman–Crippen LogP) is -0.877. The van der Waals surface area contributed by atoms with Crippen molar-refractivity contribution in [1.82, 2.24) is 15.1 Å². The summed E-state index contributed by atoms with van der Waals surface area (Å²) in [7, 11) is 2.07. The second-order valence-corrected chi connectivity index (χ2v) is 5.28. The van der Waals surface area contributed by atoms with Crippen LogP contribution in [0.4, 0.5) is 0 Å².